The fraction of sp³-hybridized carbons (Fsp3) is 0.364. The van der Waals surface area contributed by atoms with Crippen LogP contribution in [0.2, 0.25) is 0 Å². The van der Waals surface area contributed by atoms with Crippen LogP contribution in [0.1, 0.15) is 18.1 Å². The minimum absolute atomic E-state index is 0.185. The molecule has 16 heavy (non-hydrogen) atoms. The van der Waals surface area contributed by atoms with Gasteiger partial charge in [0, 0.05) is 11.6 Å². The van der Waals surface area contributed by atoms with Gasteiger partial charge in [0.15, 0.2) is 0 Å². The third kappa shape index (κ3) is 2.18. The van der Waals surface area contributed by atoms with Crippen LogP contribution >= 0.6 is 0 Å². The summed E-state index contributed by atoms with van der Waals surface area (Å²) in [6.07, 6.45) is -4.30. The highest BCUT2D eigenvalue weighted by Crippen LogP contribution is 2.29. The van der Waals surface area contributed by atoms with Crippen molar-refractivity contribution in [2.24, 2.45) is 4.99 Å². The van der Waals surface area contributed by atoms with Crippen molar-refractivity contribution in [3.8, 4) is 0 Å². The lowest BCUT2D eigenvalue weighted by atomic mass is 10.1. The Kier molecular flexibility index (Phi) is 2.61. The number of benzene rings is 1. The molecule has 0 amide bonds. The highest BCUT2D eigenvalue weighted by Gasteiger charge is 2.30. The Labute approximate surface area is 91.2 Å². The molecule has 2 nitrogen and oxygen atoms in total. The number of nitrogens with zero attached hydrogens (tertiary/aromatic N) is 1. The van der Waals surface area contributed by atoms with Gasteiger partial charge in [0.25, 0.3) is 0 Å². The van der Waals surface area contributed by atoms with E-state index in [-0.39, 0.29) is 6.04 Å². The molecule has 1 aromatic carbocycles. The number of rotatable bonds is 1. The molecule has 1 aromatic rings. The van der Waals surface area contributed by atoms with Crippen LogP contribution in [0.4, 0.5) is 13.2 Å². The maximum atomic E-state index is 12.5. The Morgan fingerprint density at radius 2 is 2.12 bits per heavy atom. The molecule has 0 bridgehead atoms. The number of hydrogen-bond donors (Lipinski definition) is 1. The summed E-state index contributed by atoms with van der Waals surface area (Å²) >= 11 is 0. The lowest BCUT2D eigenvalue weighted by molar-refractivity contribution is -0.137. The Morgan fingerprint density at radius 1 is 1.38 bits per heavy atom. The second kappa shape index (κ2) is 3.81. The van der Waals surface area contributed by atoms with Crippen molar-refractivity contribution in [3.63, 3.8) is 0 Å². The van der Waals surface area contributed by atoms with Crippen LogP contribution in [0.5, 0.6) is 0 Å². The maximum Gasteiger partial charge on any atom is 0.416 e. The molecule has 0 spiro atoms. The molecule has 2 rings (SSSR count). The average Bonchev–Trinajstić information content (AvgIpc) is 2.64. The number of hydrogen-bond acceptors (Lipinski definition) is 2. The maximum absolute atomic E-state index is 12.5. The Hall–Kier alpha value is -1.52. The molecule has 5 heteroatoms. The summed E-state index contributed by atoms with van der Waals surface area (Å²) in [6.45, 7) is 2.54. The molecule has 1 N–H and O–H groups in total. The fourth-order valence-electron chi connectivity index (χ4n) is 1.57. The van der Waals surface area contributed by atoms with Gasteiger partial charge in [-0.2, -0.15) is 13.2 Å². The standard InChI is InChI=1S/C11H11F3N2/c1-7-6-15-10(16-7)8-3-2-4-9(5-8)11(12,13)14/h2-5,7H,6H2,1H3,(H,15,16). The number of alkyl halides is 3. The van der Waals surface area contributed by atoms with Gasteiger partial charge in [0.2, 0.25) is 0 Å². The second-order valence-corrected chi connectivity index (χ2v) is 3.81. The summed E-state index contributed by atoms with van der Waals surface area (Å²) in [5, 5.41) is 3.03. The SMILES string of the molecule is CC1CN=C(c2cccc(C(F)(F)F)c2)N1. The summed E-state index contributed by atoms with van der Waals surface area (Å²) in [6, 6.07) is 5.38. The highest BCUT2D eigenvalue weighted by atomic mass is 19.4. The molecule has 0 saturated carbocycles. The first-order chi connectivity index (χ1) is 7.47. The lowest BCUT2D eigenvalue weighted by Crippen LogP contribution is -2.27. The smallest absolute Gasteiger partial charge is 0.366 e. The summed E-state index contributed by atoms with van der Waals surface area (Å²) in [5.74, 6) is 0.540. The lowest BCUT2D eigenvalue weighted by Gasteiger charge is -2.10. The number of halogens is 3. The van der Waals surface area contributed by atoms with Gasteiger partial charge in [-0.3, -0.25) is 4.99 Å². The minimum Gasteiger partial charge on any atom is -0.366 e. The quantitative estimate of drug-likeness (QED) is 0.784. The van der Waals surface area contributed by atoms with Crippen molar-refractivity contribution >= 4 is 5.84 Å². The van der Waals surface area contributed by atoms with E-state index in [1.807, 2.05) is 6.92 Å². The van der Waals surface area contributed by atoms with E-state index >= 15 is 0 Å². The van der Waals surface area contributed by atoms with Crippen molar-refractivity contribution in [1.29, 1.82) is 0 Å². The van der Waals surface area contributed by atoms with Gasteiger partial charge in [-0.1, -0.05) is 12.1 Å². The molecular formula is C11H11F3N2. The molecular weight excluding hydrogens is 217 g/mol. The van der Waals surface area contributed by atoms with Crippen molar-refractivity contribution in [2.45, 2.75) is 19.1 Å². The highest BCUT2D eigenvalue weighted by molar-refractivity contribution is 6.00. The molecule has 1 aliphatic rings. The van der Waals surface area contributed by atoms with E-state index in [2.05, 4.69) is 10.3 Å². The van der Waals surface area contributed by atoms with Gasteiger partial charge >= 0.3 is 6.18 Å². The van der Waals surface area contributed by atoms with Gasteiger partial charge in [-0.05, 0) is 19.1 Å². The molecule has 1 unspecified atom stereocenters. The summed E-state index contributed by atoms with van der Waals surface area (Å²) in [5.41, 5.74) is -0.159. The van der Waals surface area contributed by atoms with E-state index in [0.717, 1.165) is 12.1 Å². The molecule has 1 heterocycles. The molecule has 0 aliphatic carbocycles. The average molecular weight is 228 g/mol. The van der Waals surface area contributed by atoms with Gasteiger partial charge in [-0.15, -0.1) is 0 Å². The molecule has 1 aliphatic heterocycles. The van der Waals surface area contributed by atoms with Crippen LogP contribution in [-0.4, -0.2) is 18.4 Å². The van der Waals surface area contributed by atoms with Gasteiger partial charge in [0.1, 0.15) is 5.84 Å². The van der Waals surface area contributed by atoms with Crippen molar-refractivity contribution < 1.29 is 13.2 Å². The normalized spacial score (nSPS) is 20.5. The fourth-order valence-corrected chi connectivity index (χ4v) is 1.57. The topological polar surface area (TPSA) is 24.4 Å². The zero-order chi connectivity index (χ0) is 11.8. The zero-order valence-electron chi connectivity index (χ0n) is 8.67. The molecule has 0 aromatic heterocycles. The molecule has 86 valence electrons. The number of nitrogens with one attached hydrogen (secondary N) is 1. The van der Waals surface area contributed by atoms with Crippen molar-refractivity contribution in [2.75, 3.05) is 6.54 Å². The molecule has 0 radical (unpaired) electrons. The zero-order valence-corrected chi connectivity index (χ0v) is 8.67. The van der Waals surface area contributed by atoms with E-state index in [1.165, 1.54) is 6.07 Å². The Morgan fingerprint density at radius 3 is 2.69 bits per heavy atom. The summed E-state index contributed by atoms with van der Waals surface area (Å²) in [4.78, 5) is 4.15. The van der Waals surface area contributed by atoms with Crippen molar-refractivity contribution in [1.82, 2.24) is 5.32 Å². The van der Waals surface area contributed by atoms with Gasteiger partial charge < -0.3 is 5.32 Å². The third-order valence-electron chi connectivity index (χ3n) is 2.37. The molecule has 1 atom stereocenters. The van der Waals surface area contributed by atoms with Crippen LogP contribution in [0.25, 0.3) is 0 Å². The Balaban J connectivity index is 2.30. The van der Waals surface area contributed by atoms with E-state index in [0.29, 0.717) is 17.9 Å². The predicted octanol–water partition coefficient (Wildman–Crippen LogP) is 2.44. The van der Waals surface area contributed by atoms with Crippen LogP contribution in [0.3, 0.4) is 0 Å². The van der Waals surface area contributed by atoms with Crippen LogP contribution in [-0.2, 0) is 6.18 Å². The summed E-state index contributed by atoms with van der Waals surface area (Å²) < 4.78 is 37.4. The second-order valence-electron chi connectivity index (χ2n) is 3.81. The first-order valence-electron chi connectivity index (χ1n) is 4.95. The largest absolute Gasteiger partial charge is 0.416 e. The van der Waals surface area contributed by atoms with Crippen LogP contribution in [0.15, 0.2) is 29.3 Å². The monoisotopic (exact) mass is 228 g/mol. The van der Waals surface area contributed by atoms with E-state index in [9.17, 15) is 13.2 Å². The van der Waals surface area contributed by atoms with Crippen LogP contribution in [0, 0.1) is 0 Å². The van der Waals surface area contributed by atoms with Gasteiger partial charge in [0.05, 0.1) is 12.1 Å². The first kappa shape index (κ1) is 11.0. The first-order valence-corrected chi connectivity index (χ1v) is 4.95. The number of aliphatic imine (C=N–C) groups is 1. The van der Waals surface area contributed by atoms with Gasteiger partial charge in [-0.25, -0.2) is 0 Å². The molecule has 0 fully saturated rings. The van der Waals surface area contributed by atoms with Crippen LogP contribution < -0.4 is 5.32 Å². The number of amidine groups is 1. The van der Waals surface area contributed by atoms with E-state index in [1.54, 1.807) is 6.07 Å². The summed E-state index contributed by atoms with van der Waals surface area (Å²) in [7, 11) is 0. The third-order valence-corrected chi connectivity index (χ3v) is 2.37. The molecule has 0 saturated heterocycles. The van der Waals surface area contributed by atoms with E-state index in [4.69, 9.17) is 0 Å². The predicted molar refractivity (Wildman–Crippen MR) is 55.4 cm³/mol. The van der Waals surface area contributed by atoms with Crippen molar-refractivity contribution in [3.05, 3.63) is 35.4 Å². The Bertz CT molecular complexity index is 423. The minimum atomic E-state index is -4.30. The van der Waals surface area contributed by atoms with E-state index < -0.39 is 11.7 Å².